The van der Waals surface area contributed by atoms with Gasteiger partial charge in [-0.3, -0.25) is 4.79 Å². The van der Waals surface area contributed by atoms with Gasteiger partial charge < -0.3 is 15.2 Å². The van der Waals surface area contributed by atoms with E-state index in [-0.39, 0.29) is 24.5 Å². The van der Waals surface area contributed by atoms with Crippen molar-refractivity contribution in [2.24, 2.45) is 0 Å². The van der Waals surface area contributed by atoms with E-state index in [1.807, 2.05) is 0 Å². The van der Waals surface area contributed by atoms with Crippen LogP contribution in [0.25, 0.3) is 0 Å². The fraction of sp³-hybridized carbons (Fsp3) is 0.385. The van der Waals surface area contributed by atoms with Crippen LogP contribution < -0.4 is 5.32 Å². The molecule has 8 heteroatoms. The number of carbonyl (C=O) groups excluding carboxylic acids is 1. The summed E-state index contributed by atoms with van der Waals surface area (Å²) in [6, 6.07) is 5.95. The van der Waals surface area contributed by atoms with Crippen molar-refractivity contribution in [3.63, 3.8) is 0 Å². The molecule has 116 valence electrons. The first-order valence-electron chi connectivity index (χ1n) is 6.12. The number of carboxylic acid groups (broad SMARTS) is 1. The number of benzene rings is 1. The molecule has 0 aliphatic rings. The van der Waals surface area contributed by atoms with Crippen LogP contribution in [-0.4, -0.2) is 50.6 Å². The molecule has 2 N–H and O–H groups in total. The molecule has 21 heavy (non-hydrogen) atoms. The zero-order valence-corrected chi connectivity index (χ0v) is 12.4. The van der Waals surface area contributed by atoms with E-state index < -0.39 is 27.5 Å². The van der Waals surface area contributed by atoms with E-state index in [2.05, 4.69) is 10.1 Å². The number of methoxy groups -OCH3 is 1. The second-order valence-corrected chi connectivity index (χ2v) is 6.55. The molecule has 0 atom stereocenters. The highest BCUT2D eigenvalue weighted by Crippen LogP contribution is 2.04. The summed E-state index contributed by atoms with van der Waals surface area (Å²) in [7, 11) is -2.09. The SMILES string of the molecule is COCCS(=O)(=O)CC(=O)NCc1ccc(C(=O)O)cc1. The lowest BCUT2D eigenvalue weighted by Crippen LogP contribution is -2.31. The summed E-state index contributed by atoms with van der Waals surface area (Å²) in [4.78, 5) is 22.2. The summed E-state index contributed by atoms with van der Waals surface area (Å²) in [5, 5.41) is 11.2. The fourth-order valence-corrected chi connectivity index (χ4v) is 2.57. The Kier molecular flexibility index (Phi) is 6.32. The number of ether oxygens (including phenoxy) is 1. The van der Waals surface area contributed by atoms with Gasteiger partial charge in [-0.15, -0.1) is 0 Å². The number of hydrogen-bond donors (Lipinski definition) is 2. The third kappa shape index (κ3) is 6.37. The van der Waals surface area contributed by atoms with Crippen LogP contribution in [0.15, 0.2) is 24.3 Å². The Balaban J connectivity index is 2.47. The molecular formula is C13H17NO6S. The van der Waals surface area contributed by atoms with Gasteiger partial charge in [0.1, 0.15) is 5.75 Å². The van der Waals surface area contributed by atoms with Crippen molar-refractivity contribution in [3.05, 3.63) is 35.4 Å². The van der Waals surface area contributed by atoms with Crippen molar-refractivity contribution in [2.75, 3.05) is 25.2 Å². The minimum Gasteiger partial charge on any atom is -0.478 e. The molecule has 0 aromatic heterocycles. The van der Waals surface area contributed by atoms with Gasteiger partial charge in [-0.25, -0.2) is 13.2 Å². The quantitative estimate of drug-likeness (QED) is 0.702. The van der Waals surface area contributed by atoms with Crippen LogP contribution in [0.4, 0.5) is 0 Å². The van der Waals surface area contributed by atoms with Crippen LogP contribution in [0, 0.1) is 0 Å². The number of hydrogen-bond acceptors (Lipinski definition) is 5. The van der Waals surface area contributed by atoms with Crippen molar-refractivity contribution in [1.82, 2.24) is 5.32 Å². The molecule has 1 amide bonds. The largest absolute Gasteiger partial charge is 0.478 e. The van der Waals surface area contributed by atoms with Crippen LogP contribution >= 0.6 is 0 Å². The van der Waals surface area contributed by atoms with E-state index in [1.165, 1.54) is 19.2 Å². The zero-order valence-electron chi connectivity index (χ0n) is 11.5. The second kappa shape index (κ2) is 7.75. The van der Waals surface area contributed by atoms with E-state index in [0.717, 1.165) is 0 Å². The molecule has 0 unspecified atom stereocenters. The van der Waals surface area contributed by atoms with Gasteiger partial charge in [0, 0.05) is 13.7 Å². The lowest BCUT2D eigenvalue weighted by Gasteiger charge is -2.06. The van der Waals surface area contributed by atoms with Gasteiger partial charge in [0.05, 0.1) is 17.9 Å². The van der Waals surface area contributed by atoms with Gasteiger partial charge >= 0.3 is 5.97 Å². The van der Waals surface area contributed by atoms with Crippen molar-refractivity contribution in [3.8, 4) is 0 Å². The number of carbonyl (C=O) groups is 2. The Bertz CT molecular complexity index is 594. The first kappa shape index (κ1) is 17.1. The van der Waals surface area contributed by atoms with E-state index in [4.69, 9.17) is 5.11 Å². The van der Waals surface area contributed by atoms with Crippen LogP contribution in [0.3, 0.4) is 0 Å². The van der Waals surface area contributed by atoms with E-state index >= 15 is 0 Å². The number of nitrogens with one attached hydrogen (secondary N) is 1. The molecule has 0 aliphatic heterocycles. The number of aromatic carboxylic acids is 1. The minimum absolute atomic E-state index is 0.0479. The topological polar surface area (TPSA) is 110 Å². The number of amides is 1. The summed E-state index contributed by atoms with van der Waals surface area (Å²) in [5.74, 6) is -2.43. The van der Waals surface area contributed by atoms with E-state index in [0.29, 0.717) is 5.56 Å². The first-order chi connectivity index (χ1) is 9.84. The maximum Gasteiger partial charge on any atom is 0.335 e. The van der Waals surface area contributed by atoms with Gasteiger partial charge in [-0.05, 0) is 17.7 Å². The Morgan fingerprint density at radius 2 is 1.86 bits per heavy atom. The van der Waals surface area contributed by atoms with Crippen molar-refractivity contribution in [1.29, 1.82) is 0 Å². The molecular weight excluding hydrogens is 298 g/mol. The average Bonchev–Trinajstić information content (AvgIpc) is 2.43. The lowest BCUT2D eigenvalue weighted by atomic mass is 10.1. The van der Waals surface area contributed by atoms with Gasteiger partial charge in [-0.1, -0.05) is 12.1 Å². The van der Waals surface area contributed by atoms with Crippen molar-refractivity contribution < 1.29 is 27.9 Å². The molecule has 0 saturated carbocycles. The Hall–Kier alpha value is -1.93. The lowest BCUT2D eigenvalue weighted by molar-refractivity contribution is -0.118. The molecule has 1 rings (SSSR count). The van der Waals surface area contributed by atoms with Crippen LogP contribution in [0.2, 0.25) is 0 Å². The smallest absolute Gasteiger partial charge is 0.335 e. The third-order valence-electron chi connectivity index (χ3n) is 2.64. The van der Waals surface area contributed by atoms with Crippen LogP contribution in [0.1, 0.15) is 15.9 Å². The molecule has 0 radical (unpaired) electrons. The maximum atomic E-state index is 11.5. The van der Waals surface area contributed by atoms with Gasteiger partial charge in [0.2, 0.25) is 5.91 Å². The predicted molar refractivity (Wildman–Crippen MR) is 75.8 cm³/mol. The average molecular weight is 315 g/mol. The van der Waals surface area contributed by atoms with Crippen molar-refractivity contribution in [2.45, 2.75) is 6.54 Å². The highest BCUT2D eigenvalue weighted by molar-refractivity contribution is 7.92. The van der Waals surface area contributed by atoms with Gasteiger partial charge in [0.15, 0.2) is 9.84 Å². The molecule has 7 nitrogen and oxygen atoms in total. The Labute approximate surface area is 122 Å². The number of rotatable bonds is 8. The van der Waals surface area contributed by atoms with Crippen LogP contribution in [-0.2, 0) is 25.9 Å². The summed E-state index contributed by atoms with van der Waals surface area (Å²) in [6.45, 7) is 0.185. The monoisotopic (exact) mass is 315 g/mol. The normalized spacial score (nSPS) is 11.1. The maximum absolute atomic E-state index is 11.5. The molecule has 0 spiro atoms. The van der Waals surface area contributed by atoms with Gasteiger partial charge in [-0.2, -0.15) is 0 Å². The van der Waals surface area contributed by atoms with Crippen LogP contribution in [0.5, 0.6) is 0 Å². The molecule has 1 aromatic carbocycles. The van der Waals surface area contributed by atoms with E-state index in [1.54, 1.807) is 12.1 Å². The first-order valence-corrected chi connectivity index (χ1v) is 7.94. The number of sulfone groups is 1. The standard InChI is InChI=1S/C13H17NO6S/c1-20-6-7-21(18,19)9-12(15)14-8-10-2-4-11(5-3-10)13(16)17/h2-5H,6-9H2,1H3,(H,14,15)(H,16,17). The molecule has 0 aliphatic carbocycles. The zero-order chi connectivity index (χ0) is 15.9. The molecule has 1 aromatic rings. The highest BCUT2D eigenvalue weighted by atomic mass is 32.2. The Morgan fingerprint density at radius 3 is 2.38 bits per heavy atom. The molecule has 0 fully saturated rings. The highest BCUT2D eigenvalue weighted by Gasteiger charge is 2.16. The van der Waals surface area contributed by atoms with E-state index in [9.17, 15) is 18.0 Å². The third-order valence-corrected chi connectivity index (χ3v) is 4.13. The molecule has 0 heterocycles. The summed E-state index contributed by atoms with van der Waals surface area (Å²) in [6.07, 6.45) is 0. The summed E-state index contributed by atoms with van der Waals surface area (Å²) >= 11 is 0. The fourth-order valence-electron chi connectivity index (χ4n) is 1.50. The Morgan fingerprint density at radius 1 is 1.24 bits per heavy atom. The second-order valence-electron chi connectivity index (χ2n) is 4.36. The summed E-state index contributed by atoms with van der Waals surface area (Å²) in [5.41, 5.74) is 0.829. The predicted octanol–water partition coefficient (Wildman–Crippen LogP) is 0.0622. The molecule has 0 saturated heterocycles. The minimum atomic E-state index is -3.48. The van der Waals surface area contributed by atoms with Crippen molar-refractivity contribution >= 4 is 21.7 Å². The summed E-state index contributed by atoms with van der Waals surface area (Å²) < 4.78 is 27.7. The van der Waals surface area contributed by atoms with Gasteiger partial charge in [0.25, 0.3) is 0 Å². The molecule has 0 bridgehead atoms. The number of carboxylic acids is 1.